The molecule has 0 bridgehead atoms. The predicted octanol–water partition coefficient (Wildman–Crippen LogP) is 2.62. The van der Waals surface area contributed by atoms with E-state index in [0.717, 1.165) is 10.5 Å². The highest BCUT2D eigenvalue weighted by Gasteiger charge is 2.19. The molecule has 2 N–H and O–H groups in total. The largest absolute Gasteiger partial charge is 0.469 e. The van der Waals surface area contributed by atoms with Crippen LogP contribution in [-0.4, -0.2) is 35.6 Å². The number of benzene rings is 1. The summed E-state index contributed by atoms with van der Waals surface area (Å²) < 4.78 is 4.71. The van der Waals surface area contributed by atoms with Crippen LogP contribution in [0.4, 0.5) is 10.5 Å². The molecule has 1 heterocycles. The Balaban J connectivity index is 2.09. The monoisotopic (exact) mass is 346 g/mol. The molecule has 7 nitrogen and oxygen atoms in total. The van der Waals surface area contributed by atoms with Crippen LogP contribution in [0.25, 0.3) is 0 Å². The molecule has 0 aliphatic carbocycles. The van der Waals surface area contributed by atoms with E-state index in [1.54, 1.807) is 17.8 Å². The average molecular weight is 346 g/mol. The van der Waals surface area contributed by atoms with Gasteiger partial charge in [-0.3, -0.25) is 4.79 Å². The minimum Gasteiger partial charge on any atom is -0.469 e. The molecule has 1 aromatic heterocycles. The molecule has 0 aliphatic heterocycles. The zero-order valence-corrected chi connectivity index (χ0v) is 14.2. The van der Waals surface area contributed by atoms with Gasteiger partial charge >= 0.3 is 12.0 Å². The normalized spacial score (nSPS) is 11.4. The van der Waals surface area contributed by atoms with Crippen LogP contribution in [0.1, 0.15) is 18.0 Å². The molecule has 1 atom stereocenters. The van der Waals surface area contributed by atoms with Gasteiger partial charge in [0.1, 0.15) is 0 Å². The standard InChI is InChI=1S/C16H18N4O3S/c1-23-15(21)9-14(11-3-5-13(24-2)6-4-11)20-16(22)19-12-7-8-17-18-10-12/h3-8,10,14H,9H2,1-2H3,(H2,17,19,20,22). The van der Waals surface area contributed by atoms with Crippen LogP contribution < -0.4 is 10.6 Å². The molecule has 0 aliphatic rings. The third-order valence-electron chi connectivity index (χ3n) is 3.26. The Morgan fingerprint density at radius 1 is 1.21 bits per heavy atom. The number of esters is 1. The van der Waals surface area contributed by atoms with Gasteiger partial charge in [-0.15, -0.1) is 11.8 Å². The molecule has 0 saturated heterocycles. The number of ether oxygens (including phenoxy) is 1. The van der Waals surface area contributed by atoms with E-state index in [2.05, 4.69) is 20.8 Å². The molecule has 0 saturated carbocycles. The van der Waals surface area contributed by atoms with Crippen molar-refractivity contribution in [2.24, 2.45) is 0 Å². The summed E-state index contributed by atoms with van der Waals surface area (Å²) in [5.41, 5.74) is 1.33. The van der Waals surface area contributed by atoms with Crippen molar-refractivity contribution in [3.63, 3.8) is 0 Å². The molecule has 0 radical (unpaired) electrons. The van der Waals surface area contributed by atoms with Crippen molar-refractivity contribution >= 4 is 29.4 Å². The number of hydrogen-bond acceptors (Lipinski definition) is 6. The van der Waals surface area contributed by atoms with Crippen molar-refractivity contribution in [1.29, 1.82) is 0 Å². The molecule has 0 fully saturated rings. The van der Waals surface area contributed by atoms with Gasteiger partial charge < -0.3 is 15.4 Å². The maximum absolute atomic E-state index is 12.2. The van der Waals surface area contributed by atoms with Crippen LogP contribution >= 0.6 is 11.8 Å². The molecule has 0 spiro atoms. The fraction of sp³-hybridized carbons (Fsp3) is 0.250. The Bertz CT molecular complexity index is 679. The van der Waals surface area contributed by atoms with Crippen molar-refractivity contribution in [3.05, 3.63) is 48.3 Å². The van der Waals surface area contributed by atoms with E-state index in [9.17, 15) is 9.59 Å². The SMILES string of the molecule is COC(=O)CC(NC(=O)Nc1ccnnc1)c1ccc(SC)cc1. The number of nitrogens with one attached hydrogen (secondary N) is 2. The highest BCUT2D eigenvalue weighted by Crippen LogP contribution is 2.22. The van der Waals surface area contributed by atoms with Gasteiger partial charge in [0, 0.05) is 4.90 Å². The van der Waals surface area contributed by atoms with E-state index in [-0.39, 0.29) is 6.42 Å². The number of carbonyl (C=O) groups excluding carboxylic acids is 2. The molecule has 126 valence electrons. The fourth-order valence-corrected chi connectivity index (χ4v) is 2.44. The number of amides is 2. The number of aromatic nitrogens is 2. The topological polar surface area (TPSA) is 93.2 Å². The Labute approximate surface area is 144 Å². The van der Waals surface area contributed by atoms with Gasteiger partial charge in [-0.05, 0) is 30.0 Å². The molecule has 1 aromatic carbocycles. The van der Waals surface area contributed by atoms with E-state index in [1.165, 1.54) is 19.5 Å². The van der Waals surface area contributed by atoms with Crippen LogP contribution in [0.3, 0.4) is 0 Å². The van der Waals surface area contributed by atoms with Gasteiger partial charge in [-0.1, -0.05) is 12.1 Å². The number of thioether (sulfide) groups is 1. The lowest BCUT2D eigenvalue weighted by Gasteiger charge is -2.19. The van der Waals surface area contributed by atoms with E-state index in [4.69, 9.17) is 4.74 Å². The second-order valence-corrected chi connectivity index (χ2v) is 5.72. The minimum absolute atomic E-state index is 0.0388. The molecular formula is C16H18N4O3S. The lowest BCUT2D eigenvalue weighted by Crippen LogP contribution is -2.34. The molecule has 1 unspecified atom stereocenters. The number of nitrogens with zero attached hydrogens (tertiary/aromatic N) is 2. The summed E-state index contributed by atoms with van der Waals surface area (Å²) in [6.07, 6.45) is 4.93. The maximum Gasteiger partial charge on any atom is 0.319 e. The molecular weight excluding hydrogens is 328 g/mol. The van der Waals surface area contributed by atoms with Crippen LogP contribution in [0, 0.1) is 0 Å². The number of rotatable bonds is 6. The smallest absolute Gasteiger partial charge is 0.319 e. The third kappa shape index (κ3) is 5.24. The Morgan fingerprint density at radius 3 is 2.54 bits per heavy atom. The van der Waals surface area contributed by atoms with E-state index in [0.29, 0.717) is 5.69 Å². The Morgan fingerprint density at radius 2 is 1.96 bits per heavy atom. The second-order valence-electron chi connectivity index (χ2n) is 4.84. The first-order chi connectivity index (χ1) is 11.6. The second kappa shape index (κ2) is 8.88. The zero-order valence-electron chi connectivity index (χ0n) is 13.4. The molecule has 2 aromatic rings. The van der Waals surface area contributed by atoms with Gasteiger partial charge in [0.2, 0.25) is 0 Å². The zero-order chi connectivity index (χ0) is 17.4. The number of methoxy groups -OCH3 is 1. The van der Waals surface area contributed by atoms with Crippen molar-refractivity contribution in [3.8, 4) is 0 Å². The summed E-state index contributed by atoms with van der Waals surface area (Å²) in [5.74, 6) is -0.403. The highest BCUT2D eigenvalue weighted by molar-refractivity contribution is 7.98. The van der Waals surface area contributed by atoms with Crippen LogP contribution in [0.2, 0.25) is 0 Å². The van der Waals surface area contributed by atoms with Crippen molar-refractivity contribution in [2.75, 3.05) is 18.7 Å². The van der Waals surface area contributed by atoms with Crippen molar-refractivity contribution < 1.29 is 14.3 Å². The quantitative estimate of drug-likeness (QED) is 0.617. The van der Waals surface area contributed by atoms with Crippen molar-refractivity contribution in [2.45, 2.75) is 17.4 Å². The van der Waals surface area contributed by atoms with E-state index in [1.807, 2.05) is 30.5 Å². The Kier molecular flexibility index (Phi) is 6.56. The molecule has 2 amide bonds. The van der Waals surface area contributed by atoms with Crippen LogP contribution in [-0.2, 0) is 9.53 Å². The van der Waals surface area contributed by atoms with E-state index < -0.39 is 18.0 Å². The van der Waals surface area contributed by atoms with Crippen LogP contribution in [0.15, 0.2) is 47.6 Å². The third-order valence-corrected chi connectivity index (χ3v) is 4.01. The average Bonchev–Trinajstić information content (AvgIpc) is 2.62. The summed E-state index contributed by atoms with van der Waals surface area (Å²) in [6, 6.07) is 8.33. The summed E-state index contributed by atoms with van der Waals surface area (Å²) in [5, 5.41) is 12.8. The number of hydrogen-bond donors (Lipinski definition) is 2. The predicted molar refractivity (Wildman–Crippen MR) is 91.8 cm³/mol. The number of anilines is 1. The Hall–Kier alpha value is -2.61. The summed E-state index contributed by atoms with van der Waals surface area (Å²) >= 11 is 1.62. The van der Waals surface area contributed by atoms with E-state index >= 15 is 0 Å². The lowest BCUT2D eigenvalue weighted by molar-refractivity contribution is -0.141. The highest BCUT2D eigenvalue weighted by atomic mass is 32.2. The van der Waals surface area contributed by atoms with Gasteiger partial charge in [-0.2, -0.15) is 10.2 Å². The lowest BCUT2D eigenvalue weighted by atomic mass is 10.0. The van der Waals surface area contributed by atoms with Gasteiger partial charge in [0.25, 0.3) is 0 Å². The fourth-order valence-electron chi connectivity index (χ4n) is 2.03. The van der Waals surface area contributed by atoms with Crippen molar-refractivity contribution in [1.82, 2.24) is 15.5 Å². The van der Waals surface area contributed by atoms with Crippen LogP contribution in [0.5, 0.6) is 0 Å². The first-order valence-electron chi connectivity index (χ1n) is 7.17. The molecule has 8 heteroatoms. The summed E-state index contributed by atoms with van der Waals surface area (Å²) in [6.45, 7) is 0. The van der Waals surface area contributed by atoms with Gasteiger partial charge in [-0.25, -0.2) is 4.79 Å². The number of urea groups is 1. The summed E-state index contributed by atoms with van der Waals surface area (Å²) in [4.78, 5) is 24.9. The number of carbonyl (C=O) groups is 2. The maximum atomic E-state index is 12.2. The van der Waals surface area contributed by atoms with Gasteiger partial charge in [0.05, 0.1) is 37.7 Å². The first kappa shape index (κ1) is 17.7. The first-order valence-corrected chi connectivity index (χ1v) is 8.40. The van der Waals surface area contributed by atoms with Gasteiger partial charge in [0.15, 0.2) is 0 Å². The molecule has 24 heavy (non-hydrogen) atoms. The molecule has 2 rings (SSSR count). The minimum atomic E-state index is -0.497. The summed E-state index contributed by atoms with van der Waals surface area (Å²) in [7, 11) is 1.32.